The summed E-state index contributed by atoms with van der Waals surface area (Å²) >= 11 is 0. The molecular weight excluding hydrogens is 438 g/mol. The standard InChI is InChI=1S/C26H33NO7/c1-26(2,3)34-25(29)27(4)21-7-5-19(6-8-21)24-18-20-17-22(9-10-23(20)33-24)32-16-15-31-14-13-30-12-11-28/h5-10,17-18,28H,11-16H2,1-4H3. The van der Waals surface area contributed by atoms with Crippen LogP contribution in [0.3, 0.4) is 0 Å². The number of anilines is 1. The summed E-state index contributed by atoms with van der Waals surface area (Å²) in [6.45, 7) is 7.62. The number of carbonyl (C=O) groups is 1. The Morgan fingerprint density at radius 2 is 1.62 bits per heavy atom. The molecule has 3 aromatic rings. The first-order chi connectivity index (χ1) is 16.3. The molecule has 1 amide bonds. The minimum atomic E-state index is -0.551. The van der Waals surface area contributed by atoms with E-state index < -0.39 is 11.7 Å². The van der Waals surface area contributed by atoms with Crippen molar-refractivity contribution in [3.63, 3.8) is 0 Å². The zero-order valence-corrected chi connectivity index (χ0v) is 20.2. The molecule has 2 aromatic carbocycles. The van der Waals surface area contributed by atoms with Gasteiger partial charge in [0.15, 0.2) is 0 Å². The molecule has 0 saturated carbocycles. The highest BCUT2D eigenvalue weighted by molar-refractivity contribution is 5.88. The van der Waals surface area contributed by atoms with Gasteiger partial charge in [-0.25, -0.2) is 4.79 Å². The third kappa shape index (κ3) is 7.48. The zero-order valence-electron chi connectivity index (χ0n) is 20.2. The molecule has 0 aliphatic rings. The summed E-state index contributed by atoms with van der Waals surface area (Å²) < 4.78 is 27.7. The molecule has 3 rings (SSSR count). The second-order valence-corrected chi connectivity index (χ2v) is 8.69. The van der Waals surface area contributed by atoms with Gasteiger partial charge in [0, 0.05) is 23.7 Å². The van der Waals surface area contributed by atoms with E-state index >= 15 is 0 Å². The number of rotatable bonds is 11. The van der Waals surface area contributed by atoms with Crippen LogP contribution in [0.4, 0.5) is 10.5 Å². The molecule has 0 fully saturated rings. The SMILES string of the molecule is CN(C(=O)OC(C)(C)C)c1ccc(-c2cc3cc(OCCOCCOCCO)ccc3o2)cc1. The third-order valence-corrected chi connectivity index (χ3v) is 4.80. The number of hydrogen-bond donors (Lipinski definition) is 1. The molecule has 0 spiro atoms. The van der Waals surface area contributed by atoms with Crippen molar-refractivity contribution in [2.75, 3.05) is 51.6 Å². The molecule has 0 aliphatic carbocycles. The largest absolute Gasteiger partial charge is 0.491 e. The minimum absolute atomic E-state index is 0.0120. The summed E-state index contributed by atoms with van der Waals surface area (Å²) in [4.78, 5) is 13.8. The molecule has 0 aliphatic heterocycles. The van der Waals surface area contributed by atoms with Crippen LogP contribution in [0.5, 0.6) is 5.75 Å². The van der Waals surface area contributed by atoms with Crippen molar-refractivity contribution < 1.29 is 33.3 Å². The number of nitrogens with zero attached hydrogens (tertiary/aromatic N) is 1. The number of aliphatic hydroxyl groups excluding tert-OH is 1. The molecule has 1 N–H and O–H groups in total. The summed E-state index contributed by atoms with van der Waals surface area (Å²) in [7, 11) is 1.68. The molecule has 0 saturated heterocycles. The Morgan fingerprint density at radius 1 is 0.941 bits per heavy atom. The highest BCUT2D eigenvalue weighted by atomic mass is 16.6. The van der Waals surface area contributed by atoms with E-state index in [2.05, 4.69) is 0 Å². The van der Waals surface area contributed by atoms with Crippen LogP contribution in [-0.4, -0.2) is 63.5 Å². The summed E-state index contributed by atoms with van der Waals surface area (Å²) in [6.07, 6.45) is -0.406. The summed E-state index contributed by atoms with van der Waals surface area (Å²) in [5, 5.41) is 9.58. The van der Waals surface area contributed by atoms with Gasteiger partial charge in [-0.05, 0) is 69.3 Å². The lowest BCUT2D eigenvalue weighted by atomic mass is 10.1. The molecule has 0 radical (unpaired) electrons. The van der Waals surface area contributed by atoms with Crippen molar-refractivity contribution in [3.8, 4) is 17.1 Å². The Morgan fingerprint density at radius 3 is 2.29 bits per heavy atom. The second-order valence-electron chi connectivity index (χ2n) is 8.69. The fourth-order valence-corrected chi connectivity index (χ4v) is 3.14. The number of furan rings is 1. The van der Waals surface area contributed by atoms with E-state index in [0.29, 0.717) is 33.0 Å². The number of carbonyl (C=O) groups excluding carboxylic acids is 1. The van der Waals surface area contributed by atoms with Gasteiger partial charge in [-0.1, -0.05) is 0 Å². The number of hydrogen-bond acceptors (Lipinski definition) is 7. The lowest BCUT2D eigenvalue weighted by Crippen LogP contribution is -2.34. The maximum atomic E-state index is 12.3. The first kappa shape index (κ1) is 25.6. The first-order valence-corrected chi connectivity index (χ1v) is 11.3. The van der Waals surface area contributed by atoms with Crippen LogP contribution in [-0.2, 0) is 14.2 Å². The van der Waals surface area contributed by atoms with Crippen molar-refractivity contribution in [2.45, 2.75) is 26.4 Å². The smallest absolute Gasteiger partial charge is 0.414 e. The highest BCUT2D eigenvalue weighted by Gasteiger charge is 2.20. The summed E-state index contributed by atoms with van der Waals surface area (Å²) in [5.74, 6) is 1.46. The van der Waals surface area contributed by atoms with Crippen LogP contribution in [0.15, 0.2) is 52.9 Å². The van der Waals surface area contributed by atoms with Crippen LogP contribution in [0.2, 0.25) is 0 Å². The fourth-order valence-electron chi connectivity index (χ4n) is 3.14. The summed E-state index contributed by atoms with van der Waals surface area (Å²) in [6, 6.07) is 15.2. The molecule has 0 atom stereocenters. The normalized spacial score (nSPS) is 11.6. The predicted molar refractivity (Wildman–Crippen MR) is 131 cm³/mol. The van der Waals surface area contributed by atoms with E-state index in [0.717, 1.165) is 33.7 Å². The van der Waals surface area contributed by atoms with Gasteiger partial charge in [0.05, 0.1) is 33.0 Å². The minimum Gasteiger partial charge on any atom is -0.491 e. The molecule has 184 valence electrons. The van der Waals surface area contributed by atoms with Crippen LogP contribution in [0, 0.1) is 0 Å². The number of ether oxygens (including phenoxy) is 4. The van der Waals surface area contributed by atoms with Crippen molar-refractivity contribution in [1.82, 2.24) is 0 Å². The molecule has 8 heteroatoms. The van der Waals surface area contributed by atoms with Crippen LogP contribution in [0.1, 0.15) is 20.8 Å². The Bertz CT molecular complexity index is 1050. The van der Waals surface area contributed by atoms with Gasteiger partial charge < -0.3 is 28.5 Å². The average molecular weight is 472 g/mol. The second kappa shape index (κ2) is 11.9. The van der Waals surface area contributed by atoms with E-state index in [1.54, 1.807) is 7.05 Å². The average Bonchev–Trinajstić information content (AvgIpc) is 3.23. The molecule has 8 nitrogen and oxygen atoms in total. The molecule has 1 aromatic heterocycles. The van der Waals surface area contributed by atoms with Gasteiger partial charge in [0.2, 0.25) is 0 Å². The Kier molecular flexibility index (Phi) is 8.92. The van der Waals surface area contributed by atoms with Crippen molar-refractivity contribution in [3.05, 3.63) is 48.5 Å². The molecule has 0 unspecified atom stereocenters. The van der Waals surface area contributed by atoms with E-state index in [-0.39, 0.29) is 6.61 Å². The topological polar surface area (TPSA) is 90.6 Å². The molecule has 0 bridgehead atoms. The Hall–Kier alpha value is -3.07. The van der Waals surface area contributed by atoms with Gasteiger partial charge in [0.1, 0.15) is 29.3 Å². The maximum absolute atomic E-state index is 12.3. The molecule has 34 heavy (non-hydrogen) atoms. The predicted octanol–water partition coefficient (Wildman–Crippen LogP) is 4.88. The van der Waals surface area contributed by atoms with Gasteiger partial charge in [-0.3, -0.25) is 4.90 Å². The van der Waals surface area contributed by atoms with Crippen molar-refractivity contribution in [1.29, 1.82) is 0 Å². The molecule has 1 heterocycles. The first-order valence-electron chi connectivity index (χ1n) is 11.3. The fraction of sp³-hybridized carbons (Fsp3) is 0.423. The van der Waals surface area contributed by atoms with E-state index in [9.17, 15) is 4.79 Å². The van der Waals surface area contributed by atoms with Gasteiger partial charge >= 0.3 is 6.09 Å². The maximum Gasteiger partial charge on any atom is 0.414 e. The lowest BCUT2D eigenvalue weighted by Gasteiger charge is -2.24. The van der Waals surface area contributed by atoms with Gasteiger partial charge in [0.25, 0.3) is 0 Å². The molecular formula is C26H33NO7. The monoisotopic (exact) mass is 471 g/mol. The Labute approximate surface area is 200 Å². The van der Waals surface area contributed by atoms with E-state index in [1.807, 2.05) is 69.3 Å². The quantitative estimate of drug-likeness (QED) is 0.399. The van der Waals surface area contributed by atoms with Gasteiger partial charge in [-0.2, -0.15) is 0 Å². The van der Waals surface area contributed by atoms with Crippen molar-refractivity contribution in [2.24, 2.45) is 0 Å². The number of benzene rings is 2. The van der Waals surface area contributed by atoms with E-state index in [1.165, 1.54) is 4.90 Å². The zero-order chi connectivity index (χ0) is 24.6. The number of amides is 1. The number of aliphatic hydroxyl groups is 1. The van der Waals surface area contributed by atoms with Crippen LogP contribution >= 0.6 is 0 Å². The summed E-state index contributed by atoms with van der Waals surface area (Å²) in [5.41, 5.74) is 1.84. The van der Waals surface area contributed by atoms with E-state index in [4.69, 9.17) is 28.5 Å². The van der Waals surface area contributed by atoms with Gasteiger partial charge in [-0.15, -0.1) is 0 Å². The third-order valence-electron chi connectivity index (χ3n) is 4.80. The van der Waals surface area contributed by atoms with Crippen molar-refractivity contribution >= 4 is 22.7 Å². The highest BCUT2D eigenvalue weighted by Crippen LogP contribution is 2.31. The Balaban J connectivity index is 1.56. The lowest BCUT2D eigenvalue weighted by molar-refractivity contribution is 0.0247. The number of fused-ring (bicyclic) bond motifs is 1. The van der Waals surface area contributed by atoms with Crippen LogP contribution < -0.4 is 9.64 Å². The van der Waals surface area contributed by atoms with Crippen LogP contribution in [0.25, 0.3) is 22.3 Å².